The molecule has 166 valence electrons. The van der Waals surface area contributed by atoms with Gasteiger partial charge in [-0.2, -0.15) is 0 Å². The number of benzene rings is 1. The van der Waals surface area contributed by atoms with Crippen LogP contribution in [0.3, 0.4) is 0 Å². The average Bonchev–Trinajstić information content (AvgIpc) is 3.12. The third-order valence-electron chi connectivity index (χ3n) is 5.99. The normalized spacial score (nSPS) is 15.7. The quantitative estimate of drug-likeness (QED) is 0.463. The average molecular weight is 468 g/mol. The Morgan fingerprint density at radius 2 is 1.72 bits per heavy atom. The monoisotopic (exact) mass is 467 g/mol. The summed E-state index contributed by atoms with van der Waals surface area (Å²) in [5.74, 6) is 0.0625. The van der Waals surface area contributed by atoms with E-state index in [1.807, 2.05) is 0 Å². The van der Waals surface area contributed by atoms with E-state index in [4.69, 9.17) is 11.6 Å². The smallest absolute Gasteiger partial charge is 0.258 e. The number of thiophene rings is 1. The molecule has 0 saturated heterocycles. The van der Waals surface area contributed by atoms with Gasteiger partial charge in [0.05, 0.1) is 5.56 Å². The first-order chi connectivity index (χ1) is 15.2. The van der Waals surface area contributed by atoms with Crippen molar-refractivity contribution < 1.29 is 9.59 Å². The number of aromatic nitrogens is 1. The Hall–Kier alpha value is -2.70. The summed E-state index contributed by atoms with van der Waals surface area (Å²) in [6.45, 7) is 6.78. The van der Waals surface area contributed by atoms with Gasteiger partial charge in [0.25, 0.3) is 11.8 Å². The molecular formula is C25H26ClN3O2S. The molecule has 0 spiro atoms. The van der Waals surface area contributed by atoms with Gasteiger partial charge in [-0.1, -0.05) is 32.4 Å². The fourth-order valence-electron chi connectivity index (χ4n) is 4.06. The Morgan fingerprint density at radius 3 is 2.38 bits per heavy atom. The van der Waals surface area contributed by atoms with E-state index in [0.717, 1.165) is 24.8 Å². The second kappa shape index (κ2) is 9.04. The highest BCUT2D eigenvalue weighted by Gasteiger charge is 2.34. The third kappa shape index (κ3) is 4.87. The lowest BCUT2D eigenvalue weighted by molar-refractivity contribution is 0.102. The van der Waals surface area contributed by atoms with E-state index in [0.29, 0.717) is 32.8 Å². The van der Waals surface area contributed by atoms with Gasteiger partial charge in [-0.3, -0.25) is 14.6 Å². The lowest BCUT2D eigenvalue weighted by atomic mass is 9.72. The van der Waals surface area contributed by atoms with Crippen LogP contribution in [-0.2, 0) is 12.8 Å². The minimum absolute atomic E-state index is 0.188. The Balaban J connectivity index is 1.68. The van der Waals surface area contributed by atoms with E-state index in [9.17, 15) is 9.59 Å². The molecule has 1 atom stereocenters. The standard InChI is InChI=1S/C25H26ClN3O2S/c1-25(2,3)16-4-9-19-20(14-16)32-24(29-22(30)15-10-12-27-13-11-15)21(19)23(31)28-18-7-5-17(26)6-8-18/h5-8,10-13,16H,4,9,14H2,1-3H3,(H,28,31)(H,29,30)/t16-/m0/s1. The molecule has 32 heavy (non-hydrogen) atoms. The molecule has 2 aromatic heterocycles. The summed E-state index contributed by atoms with van der Waals surface area (Å²) >= 11 is 7.49. The minimum Gasteiger partial charge on any atom is -0.322 e. The summed E-state index contributed by atoms with van der Waals surface area (Å²) < 4.78 is 0. The maximum absolute atomic E-state index is 13.4. The van der Waals surface area contributed by atoms with E-state index in [2.05, 4.69) is 36.4 Å². The van der Waals surface area contributed by atoms with Crippen LogP contribution in [0.25, 0.3) is 0 Å². The number of nitrogens with zero attached hydrogens (tertiary/aromatic N) is 1. The van der Waals surface area contributed by atoms with Crippen LogP contribution in [0, 0.1) is 11.3 Å². The van der Waals surface area contributed by atoms with Gasteiger partial charge in [0, 0.05) is 33.5 Å². The van der Waals surface area contributed by atoms with E-state index in [-0.39, 0.29) is 17.2 Å². The zero-order valence-corrected chi connectivity index (χ0v) is 19.9. The van der Waals surface area contributed by atoms with Gasteiger partial charge in [-0.25, -0.2) is 0 Å². The summed E-state index contributed by atoms with van der Waals surface area (Å²) in [5.41, 5.74) is 2.97. The number of amides is 2. The number of pyridine rings is 1. The molecule has 2 amide bonds. The molecule has 4 rings (SSSR count). The van der Waals surface area contributed by atoms with Gasteiger partial charge in [0.1, 0.15) is 5.00 Å². The van der Waals surface area contributed by atoms with Crippen LogP contribution in [0.4, 0.5) is 10.7 Å². The number of anilines is 2. The van der Waals surface area contributed by atoms with E-state index >= 15 is 0 Å². The molecule has 1 aliphatic carbocycles. The van der Waals surface area contributed by atoms with Crippen molar-refractivity contribution in [2.75, 3.05) is 10.6 Å². The first kappa shape index (κ1) is 22.5. The van der Waals surface area contributed by atoms with Crippen LogP contribution in [0.5, 0.6) is 0 Å². The van der Waals surface area contributed by atoms with Gasteiger partial charge in [-0.15, -0.1) is 11.3 Å². The fourth-order valence-corrected chi connectivity index (χ4v) is 5.50. The molecule has 1 aromatic carbocycles. The Morgan fingerprint density at radius 1 is 1.03 bits per heavy atom. The van der Waals surface area contributed by atoms with Gasteiger partial charge >= 0.3 is 0 Å². The Labute approximate surface area is 197 Å². The molecule has 2 N–H and O–H groups in total. The number of carbonyl (C=O) groups is 2. The molecule has 0 aliphatic heterocycles. The molecule has 2 heterocycles. The third-order valence-corrected chi connectivity index (χ3v) is 7.41. The first-order valence-corrected chi connectivity index (χ1v) is 11.8. The SMILES string of the molecule is CC(C)(C)[C@H]1CCc2c(sc(NC(=O)c3ccncc3)c2C(=O)Nc2ccc(Cl)cc2)C1. The first-order valence-electron chi connectivity index (χ1n) is 10.6. The molecule has 0 saturated carbocycles. The number of nitrogens with one attached hydrogen (secondary N) is 2. The van der Waals surface area contributed by atoms with Crippen molar-refractivity contribution in [1.82, 2.24) is 4.98 Å². The highest BCUT2D eigenvalue weighted by atomic mass is 35.5. The summed E-state index contributed by atoms with van der Waals surface area (Å²) in [6.07, 6.45) is 5.91. The topological polar surface area (TPSA) is 71.1 Å². The van der Waals surface area contributed by atoms with Gasteiger partial charge < -0.3 is 10.6 Å². The summed E-state index contributed by atoms with van der Waals surface area (Å²) in [6, 6.07) is 10.3. The maximum atomic E-state index is 13.4. The highest BCUT2D eigenvalue weighted by molar-refractivity contribution is 7.17. The molecule has 3 aromatic rings. The fraction of sp³-hybridized carbons (Fsp3) is 0.320. The van der Waals surface area contributed by atoms with Crippen molar-refractivity contribution >= 4 is 45.4 Å². The minimum atomic E-state index is -0.251. The van der Waals surface area contributed by atoms with Crippen LogP contribution in [0.15, 0.2) is 48.8 Å². The van der Waals surface area contributed by atoms with Crippen LogP contribution < -0.4 is 10.6 Å². The maximum Gasteiger partial charge on any atom is 0.258 e. The molecular weight excluding hydrogens is 442 g/mol. The zero-order chi connectivity index (χ0) is 22.9. The van der Waals surface area contributed by atoms with Crippen molar-refractivity contribution in [3.63, 3.8) is 0 Å². The van der Waals surface area contributed by atoms with E-state index in [1.165, 1.54) is 16.2 Å². The van der Waals surface area contributed by atoms with Crippen LogP contribution in [0.1, 0.15) is 58.3 Å². The van der Waals surface area contributed by atoms with Crippen LogP contribution in [0.2, 0.25) is 5.02 Å². The van der Waals surface area contributed by atoms with Crippen molar-refractivity contribution in [3.05, 3.63) is 75.4 Å². The number of hydrogen-bond acceptors (Lipinski definition) is 4. The molecule has 1 aliphatic rings. The summed E-state index contributed by atoms with van der Waals surface area (Å²) in [4.78, 5) is 31.3. The number of hydrogen-bond donors (Lipinski definition) is 2. The molecule has 5 nitrogen and oxygen atoms in total. The van der Waals surface area contributed by atoms with E-state index < -0.39 is 0 Å². The molecule has 0 fully saturated rings. The van der Waals surface area contributed by atoms with Crippen molar-refractivity contribution in [1.29, 1.82) is 0 Å². The van der Waals surface area contributed by atoms with Gasteiger partial charge in [0.2, 0.25) is 0 Å². The van der Waals surface area contributed by atoms with Crippen molar-refractivity contribution in [2.45, 2.75) is 40.0 Å². The molecule has 0 radical (unpaired) electrons. The van der Waals surface area contributed by atoms with Gasteiger partial charge in [-0.05, 0) is 72.6 Å². The lowest BCUT2D eigenvalue weighted by Gasteiger charge is -2.33. The van der Waals surface area contributed by atoms with Crippen LogP contribution >= 0.6 is 22.9 Å². The highest BCUT2D eigenvalue weighted by Crippen LogP contribution is 2.44. The largest absolute Gasteiger partial charge is 0.322 e. The number of halogens is 1. The molecule has 0 bridgehead atoms. The number of rotatable bonds is 4. The van der Waals surface area contributed by atoms with Crippen molar-refractivity contribution in [2.24, 2.45) is 11.3 Å². The summed E-state index contributed by atoms with van der Waals surface area (Å²) in [7, 11) is 0. The van der Waals surface area contributed by atoms with Crippen LogP contribution in [-0.4, -0.2) is 16.8 Å². The Kier molecular flexibility index (Phi) is 6.35. The second-order valence-electron chi connectivity index (χ2n) is 9.16. The molecule has 7 heteroatoms. The number of fused-ring (bicyclic) bond motifs is 1. The lowest BCUT2D eigenvalue weighted by Crippen LogP contribution is -2.27. The van der Waals surface area contributed by atoms with Crippen molar-refractivity contribution in [3.8, 4) is 0 Å². The molecule has 0 unspecified atom stereocenters. The van der Waals surface area contributed by atoms with Gasteiger partial charge in [0.15, 0.2) is 0 Å². The zero-order valence-electron chi connectivity index (χ0n) is 18.4. The number of carbonyl (C=O) groups excluding carboxylic acids is 2. The predicted molar refractivity (Wildman–Crippen MR) is 131 cm³/mol. The van der Waals surface area contributed by atoms with E-state index in [1.54, 1.807) is 48.8 Å². The Bertz CT molecular complexity index is 1130. The summed E-state index contributed by atoms with van der Waals surface area (Å²) in [5, 5.41) is 7.15. The second-order valence-corrected chi connectivity index (χ2v) is 10.7. The predicted octanol–water partition coefficient (Wildman–Crippen LogP) is 6.45.